The van der Waals surface area contributed by atoms with Gasteiger partial charge in [-0.15, -0.1) is 0 Å². The third kappa shape index (κ3) is 3.52. The summed E-state index contributed by atoms with van der Waals surface area (Å²) in [5.74, 6) is -0.392. The first-order chi connectivity index (χ1) is 7.93. The van der Waals surface area contributed by atoms with Crippen LogP contribution in [0.5, 0.6) is 0 Å². The van der Waals surface area contributed by atoms with Crippen molar-refractivity contribution in [1.29, 1.82) is 0 Å². The number of primary amides is 1. The summed E-state index contributed by atoms with van der Waals surface area (Å²) in [5.41, 5.74) is 4.91. The van der Waals surface area contributed by atoms with E-state index in [0.717, 1.165) is 0 Å². The Morgan fingerprint density at radius 2 is 2.18 bits per heavy atom. The molecule has 8 heteroatoms. The number of carboxylic acids is 1. The minimum absolute atomic E-state index is 0.365. The van der Waals surface area contributed by atoms with Gasteiger partial charge in [0.15, 0.2) is 0 Å². The van der Waals surface area contributed by atoms with Crippen LogP contribution >= 0.6 is 11.8 Å². The second-order valence-corrected chi connectivity index (χ2v) is 4.84. The van der Waals surface area contributed by atoms with E-state index >= 15 is 0 Å². The summed E-state index contributed by atoms with van der Waals surface area (Å²) in [6, 6.07) is -2.44. The first-order valence-corrected chi connectivity index (χ1v) is 6.26. The molecule has 0 aromatic heterocycles. The van der Waals surface area contributed by atoms with E-state index in [0.29, 0.717) is 18.1 Å². The maximum Gasteiger partial charge on any atom is 0.327 e. The topological polar surface area (TPSA) is 113 Å². The molecule has 0 aromatic carbocycles. The quantitative estimate of drug-likeness (QED) is 0.607. The number of aliphatic carboxylic acids is 1. The van der Waals surface area contributed by atoms with Gasteiger partial charge in [0, 0.05) is 18.1 Å². The highest BCUT2D eigenvalue weighted by Gasteiger charge is 2.34. The lowest BCUT2D eigenvalue weighted by molar-refractivity contribution is -0.149. The molecule has 4 N–H and O–H groups in total. The van der Waals surface area contributed by atoms with Crippen LogP contribution < -0.4 is 11.1 Å². The zero-order chi connectivity index (χ0) is 13.0. The van der Waals surface area contributed by atoms with Crippen LogP contribution in [0, 0.1) is 0 Å². The number of hydrogen-bond donors (Lipinski definition) is 3. The van der Waals surface area contributed by atoms with E-state index in [1.807, 2.05) is 0 Å². The van der Waals surface area contributed by atoms with E-state index in [1.54, 1.807) is 0 Å². The van der Waals surface area contributed by atoms with E-state index in [4.69, 9.17) is 10.8 Å². The van der Waals surface area contributed by atoms with Crippen LogP contribution in [0.4, 0.5) is 4.79 Å². The van der Waals surface area contributed by atoms with Gasteiger partial charge in [-0.25, -0.2) is 9.59 Å². The molecule has 0 aliphatic carbocycles. The van der Waals surface area contributed by atoms with Crippen LogP contribution in [0.2, 0.25) is 0 Å². The molecular formula is C9H15N3O4S. The van der Waals surface area contributed by atoms with E-state index in [1.165, 1.54) is 23.6 Å². The van der Waals surface area contributed by atoms with Crippen molar-refractivity contribution in [1.82, 2.24) is 10.2 Å². The van der Waals surface area contributed by atoms with Gasteiger partial charge < -0.3 is 21.1 Å². The van der Waals surface area contributed by atoms with Crippen LogP contribution in [-0.2, 0) is 9.59 Å². The Morgan fingerprint density at radius 3 is 2.71 bits per heavy atom. The third-order valence-electron chi connectivity index (χ3n) is 2.43. The van der Waals surface area contributed by atoms with Crippen molar-refractivity contribution in [2.75, 3.05) is 18.1 Å². The highest BCUT2D eigenvalue weighted by atomic mass is 32.2. The van der Waals surface area contributed by atoms with Crippen LogP contribution in [0.15, 0.2) is 0 Å². The molecule has 0 aromatic rings. The Balaban J connectivity index is 2.70. The zero-order valence-corrected chi connectivity index (χ0v) is 10.2. The van der Waals surface area contributed by atoms with E-state index in [2.05, 4.69) is 5.32 Å². The number of carboxylic acid groups (broad SMARTS) is 1. The van der Waals surface area contributed by atoms with Crippen molar-refractivity contribution in [3.05, 3.63) is 0 Å². The number of carbonyl (C=O) groups excluding carboxylic acids is 2. The maximum atomic E-state index is 11.9. The van der Waals surface area contributed by atoms with Gasteiger partial charge in [-0.1, -0.05) is 0 Å². The number of urea groups is 1. The van der Waals surface area contributed by atoms with Crippen LogP contribution in [0.25, 0.3) is 0 Å². The lowest BCUT2D eigenvalue weighted by atomic mass is 10.2. The number of nitrogens with two attached hydrogens (primary N) is 1. The lowest BCUT2D eigenvalue weighted by Gasteiger charge is -2.34. The van der Waals surface area contributed by atoms with Crippen molar-refractivity contribution < 1.29 is 19.5 Å². The molecule has 1 aliphatic heterocycles. The molecule has 7 nitrogen and oxygen atoms in total. The molecule has 1 saturated heterocycles. The van der Waals surface area contributed by atoms with Gasteiger partial charge in [0.2, 0.25) is 5.91 Å². The first-order valence-electron chi connectivity index (χ1n) is 5.10. The predicted molar refractivity (Wildman–Crippen MR) is 62.6 cm³/mol. The molecule has 0 spiro atoms. The zero-order valence-electron chi connectivity index (χ0n) is 9.38. The molecule has 1 rings (SSSR count). The van der Waals surface area contributed by atoms with Gasteiger partial charge in [-0.3, -0.25) is 4.79 Å². The third-order valence-corrected chi connectivity index (χ3v) is 3.45. The fourth-order valence-corrected chi connectivity index (χ4v) is 2.63. The number of amides is 3. The summed E-state index contributed by atoms with van der Waals surface area (Å²) >= 11 is 1.49. The van der Waals surface area contributed by atoms with E-state index in [-0.39, 0.29) is 0 Å². The normalized spacial score (nSPS) is 21.7. The molecular weight excluding hydrogens is 246 g/mol. The SMILES string of the molecule is CC(NC(N)=O)C(=O)N1CCSCC1C(=O)O. The lowest BCUT2D eigenvalue weighted by Crippen LogP contribution is -2.56. The number of thioether (sulfide) groups is 1. The average Bonchev–Trinajstić information content (AvgIpc) is 2.27. The van der Waals surface area contributed by atoms with E-state index < -0.39 is 30.0 Å². The summed E-state index contributed by atoms with van der Waals surface area (Å²) in [4.78, 5) is 34.8. The van der Waals surface area contributed by atoms with Gasteiger partial charge in [0.05, 0.1) is 0 Å². The highest BCUT2D eigenvalue weighted by Crippen LogP contribution is 2.17. The Morgan fingerprint density at radius 1 is 1.53 bits per heavy atom. The molecule has 2 unspecified atom stereocenters. The standard InChI is InChI=1S/C9H15N3O4S/c1-5(11-9(10)16)7(13)12-2-3-17-4-6(12)8(14)15/h5-6H,2-4H2,1H3,(H,14,15)(H3,10,11,16). The number of carbonyl (C=O) groups is 3. The maximum absolute atomic E-state index is 11.9. The predicted octanol–water partition coefficient (Wildman–Crippen LogP) is -0.928. The summed E-state index contributed by atoms with van der Waals surface area (Å²) in [6.07, 6.45) is 0. The summed E-state index contributed by atoms with van der Waals surface area (Å²) in [6.45, 7) is 1.85. The van der Waals surface area contributed by atoms with Gasteiger partial charge >= 0.3 is 12.0 Å². The molecule has 1 fully saturated rings. The van der Waals surface area contributed by atoms with Crippen molar-refractivity contribution in [2.24, 2.45) is 5.73 Å². The first kappa shape index (κ1) is 13.6. The molecule has 1 heterocycles. The minimum atomic E-state index is -1.03. The molecule has 0 radical (unpaired) electrons. The van der Waals surface area contributed by atoms with Crippen LogP contribution in [0.3, 0.4) is 0 Å². The van der Waals surface area contributed by atoms with E-state index in [9.17, 15) is 14.4 Å². The summed E-state index contributed by atoms with van der Waals surface area (Å²) < 4.78 is 0. The number of hydrogen-bond acceptors (Lipinski definition) is 4. The van der Waals surface area contributed by atoms with Gasteiger partial charge in [0.1, 0.15) is 12.1 Å². The van der Waals surface area contributed by atoms with Crippen molar-refractivity contribution in [2.45, 2.75) is 19.0 Å². The van der Waals surface area contributed by atoms with Crippen LogP contribution in [-0.4, -0.2) is 58.0 Å². The number of rotatable bonds is 3. The molecule has 17 heavy (non-hydrogen) atoms. The average molecular weight is 261 g/mol. The molecule has 1 aliphatic rings. The second-order valence-electron chi connectivity index (χ2n) is 3.69. The number of nitrogens with zero attached hydrogens (tertiary/aromatic N) is 1. The van der Waals surface area contributed by atoms with Crippen molar-refractivity contribution in [3.8, 4) is 0 Å². The fraction of sp³-hybridized carbons (Fsp3) is 0.667. The monoisotopic (exact) mass is 261 g/mol. The van der Waals surface area contributed by atoms with Gasteiger partial charge in [-0.2, -0.15) is 11.8 Å². The largest absolute Gasteiger partial charge is 0.480 e. The second kappa shape index (κ2) is 5.76. The van der Waals surface area contributed by atoms with Crippen molar-refractivity contribution >= 4 is 29.7 Å². The Bertz CT molecular complexity index is 336. The van der Waals surface area contributed by atoms with Gasteiger partial charge in [-0.05, 0) is 6.92 Å². The van der Waals surface area contributed by atoms with Crippen LogP contribution in [0.1, 0.15) is 6.92 Å². The highest BCUT2D eigenvalue weighted by molar-refractivity contribution is 7.99. The van der Waals surface area contributed by atoms with Gasteiger partial charge in [0.25, 0.3) is 0 Å². The summed E-state index contributed by atoms with van der Waals surface area (Å²) in [7, 11) is 0. The molecule has 2 atom stereocenters. The van der Waals surface area contributed by atoms with Crippen molar-refractivity contribution in [3.63, 3.8) is 0 Å². The minimum Gasteiger partial charge on any atom is -0.480 e. The molecule has 0 bridgehead atoms. The molecule has 96 valence electrons. The fourth-order valence-electron chi connectivity index (χ4n) is 1.60. The Labute approximate surface area is 103 Å². The summed E-state index contributed by atoms with van der Waals surface area (Å²) in [5, 5.41) is 11.2. The smallest absolute Gasteiger partial charge is 0.327 e. The Hall–Kier alpha value is -1.44. The number of nitrogens with one attached hydrogen (secondary N) is 1. The Kier molecular flexibility index (Phi) is 4.62. The molecule has 0 saturated carbocycles. The molecule has 3 amide bonds.